The van der Waals surface area contributed by atoms with Crippen LogP contribution in [0.15, 0.2) is 115 Å². The van der Waals surface area contributed by atoms with Crippen molar-refractivity contribution < 1.29 is 4.57 Å². The first-order chi connectivity index (χ1) is 16.1. The van der Waals surface area contributed by atoms with Crippen LogP contribution in [0.5, 0.6) is 0 Å². The van der Waals surface area contributed by atoms with Gasteiger partial charge in [0.25, 0.3) is 0 Å². The van der Waals surface area contributed by atoms with Gasteiger partial charge in [0.15, 0.2) is 0 Å². The Morgan fingerprint density at radius 2 is 0.818 bits per heavy atom. The second kappa shape index (κ2) is 8.88. The summed E-state index contributed by atoms with van der Waals surface area (Å²) in [5.74, 6) is 0. The summed E-state index contributed by atoms with van der Waals surface area (Å²) >= 11 is 0. The molecule has 0 bridgehead atoms. The lowest BCUT2D eigenvalue weighted by Gasteiger charge is -2.15. The van der Waals surface area contributed by atoms with Crippen LogP contribution in [-0.2, 0) is 0 Å². The maximum atomic E-state index is 2.45. The lowest BCUT2D eigenvalue weighted by molar-refractivity contribution is -0.572. The first-order valence-electron chi connectivity index (χ1n) is 11.5. The molecule has 0 saturated carbocycles. The molecule has 0 amide bonds. The lowest BCUT2D eigenvalue weighted by Crippen LogP contribution is -2.38. The highest BCUT2D eigenvalue weighted by molar-refractivity contribution is 5.74. The zero-order valence-electron chi connectivity index (χ0n) is 19.4. The highest BCUT2D eigenvalue weighted by Crippen LogP contribution is 2.32. The van der Waals surface area contributed by atoms with E-state index in [4.69, 9.17) is 0 Å². The van der Waals surface area contributed by atoms with Crippen LogP contribution in [0.3, 0.4) is 0 Å². The van der Waals surface area contributed by atoms with Gasteiger partial charge in [0.2, 0.25) is 17.1 Å². The molecule has 1 heteroatoms. The molecule has 0 aliphatic heterocycles. The van der Waals surface area contributed by atoms with E-state index in [1.54, 1.807) is 0 Å². The second-order valence-corrected chi connectivity index (χ2v) is 8.70. The number of benzene rings is 4. The van der Waals surface area contributed by atoms with E-state index in [1.165, 1.54) is 56.0 Å². The molecule has 0 N–H and O–H groups in total. The van der Waals surface area contributed by atoms with E-state index in [0.717, 1.165) is 0 Å². The monoisotopic (exact) mass is 426 g/mol. The van der Waals surface area contributed by atoms with Crippen molar-refractivity contribution in [2.75, 3.05) is 0 Å². The molecule has 0 radical (unpaired) electrons. The number of hydrogen-bond acceptors (Lipinski definition) is 0. The highest BCUT2D eigenvalue weighted by atomic mass is 15.0. The largest absolute Gasteiger partial charge is 0.219 e. The molecule has 1 aromatic heterocycles. The van der Waals surface area contributed by atoms with Crippen LogP contribution in [0, 0.1) is 20.8 Å². The van der Waals surface area contributed by atoms with Crippen LogP contribution in [0.1, 0.15) is 16.7 Å². The molecular weight excluding hydrogens is 398 g/mol. The van der Waals surface area contributed by atoms with Crippen molar-refractivity contribution in [3.8, 4) is 39.3 Å². The Labute approximate surface area is 196 Å². The van der Waals surface area contributed by atoms with Gasteiger partial charge in [-0.3, -0.25) is 0 Å². The minimum Gasteiger partial charge on any atom is -0.152 e. The minimum atomic E-state index is 1.19. The third kappa shape index (κ3) is 4.10. The van der Waals surface area contributed by atoms with E-state index in [-0.39, 0.29) is 0 Å². The molecule has 0 atom stereocenters. The molecule has 160 valence electrons. The van der Waals surface area contributed by atoms with Crippen molar-refractivity contribution in [1.29, 1.82) is 0 Å². The molecule has 0 aliphatic carbocycles. The molecule has 0 saturated heterocycles. The minimum absolute atomic E-state index is 1.19. The first kappa shape index (κ1) is 20.9. The van der Waals surface area contributed by atoms with E-state index in [1.807, 2.05) is 0 Å². The molecule has 33 heavy (non-hydrogen) atoms. The van der Waals surface area contributed by atoms with Crippen molar-refractivity contribution in [3.05, 3.63) is 132 Å². The standard InChI is InChI=1S/C32H28N/c1-23-19-24(2)32(25(3)20-23)33-30(27-15-9-5-10-16-27)21-29(26-13-7-4-8-14-26)22-31(33)28-17-11-6-12-18-28/h4-22H,1-3H3/q+1. The zero-order chi connectivity index (χ0) is 22.8. The smallest absolute Gasteiger partial charge is 0.152 e. The number of hydrogen-bond donors (Lipinski definition) is 0. The Kier molecular flexibility index (Phi) is 5.62. The van der Waals surface area contributed by atoms with Gasteiger partial charge in [-0.15, -0.1) is 0 Å². The summed E-state index contributed by atoms with van der Waals surface area (Å²) in [6.45, 7) is 6.61. The predicted molar refractivity (Wildman–Crippen MR) is 138 cm³/mol. The van der Waals surface area contributed by atoms with Gasteiger partial charge in [-0.05, 0) is 68.3 Å². The Bertz CT molecular complexity index is 1320. The maximum Gasteiger partial charge on any atom is 0.219 e. The van der Waals surface area contributed by atoms with Gasteiger partial charge in [0.05, 0.1) is 0 Å². The van der Waals surface area contributed by atoms with Gasteiger partial charge < -0.3 is 0 Å². The van der Waals surface area contributed by atoms with E-state index in [2.05, 4.69) is 141 Å². The Balaban J connectivity index is 1.93. The van der Waals surface area contributed by atoms with Crippen molar-refractivity contribution in [3.63, 3.8) is 0 Å². The van der Waals surface area contributed by atoms with Crippen LogP contribution in [-0.4, -0.2) is 0 Å². The Morgan fingerprint density at radius 1 is 0.424 bits per heavy atom. The number of rotatable bonds is 4. The van der Waals surface area contributed by atoms with Gasteiger partial charge in [0, 0.05) is 34.4 Å². The summed E-state index contributed by atoms with van der Waals surface area (Å²) in [5.41, 5.74) is 12.3. The second-order valence-electron chi connectivity index (χ2n) is 8.70. The number of aryl methyl sites for hydroxylation is 3. The normalized spacial score (nSPS) is 10.9. The van der Waals surface area contributed by atoms with E-state index >= 15 is 0 Å². The number of nitrogens with zero attached hydrogens (tertiary/aromatic N) is 1. The van der Waals surface area contributed by atoms with Crippen molar-refractivity contribution in [2.45, 2.75) is 20.8 Å². The quantitative estimate of drug-likeness (QED) is 0.257. The zero-order valence-corrected chi connectivity index (χ0v) is 19.4. The maximum absolute atomic E-state index is 2.45. The van der Waals surface area contributed by atoms with Crippen LogP contribution in [0.4, 0.5) is 0 Å². The van der Waals surface area contributed by atoms with E-state index < -0.39 is 0 Å². The SMILES string of the molecule is Cc1cc(C)c(-[n+]2c(-c3ccccc3)cc(-c3ccccc3)cc2-c2ccccc2)c(C)c1. The fourth-order valence-corrected chi connectivity index (χ4v) is 4.80. The summed E-state index contributed by atoms with van der Waals surface area (Å²) in [6.07, 6.45) is 0. The average molecular weight is 427 g/mol. The van der Waals surface area contributed by atoms with Crippen LogP contribution in [0.2, 0.25) is 0 Å². The van der Waals surface area contributed by atoms with Gasteiger partial charge in [-0.25, -0.2) is 0 Å². The number of pyridine rings is 1. The first-order valence-corrected chi connectivity index (χ1v) is 11.5. The molecule has 1 nitrogen and oxygen atoms in total. The highest BCUT2D eigenvalue weighted by Gasteiger charge is 2.27. The molecular formula is C32H28N+. The molecule has 4 aromatic carbocycles. The summed E-state index contributed by atoms with van der Waals surface area (Å²) in [7, 11) is 0. The molecule has 1 heterocycles. The van der Waals surface area contributed by atoms with Crippen LogP contribution >= 0.6 is 0 Å². The molecule has 5 rings (SSSR count). The summed E-state index contributed by atoms with van der Waals surface area (Å²) in [4.78, 5) is 0. The van der Waals surface area contributed by atoms with E-state index in [9.17, 15) is 0 Å². The third-order valence-corrected chi connectivity index (χ3v) is 6.17. The van der Waals surface area contributed by atoms with Crippen molar-refractivity contribution in [1.82, 2.24) is 0 Å². The summed E-state index contributed by atoms with van der Waals surface area (Å²) < 4.78 is 2.45. The van der Waals surface area contributed by atoms with Gasteiger partial charge in [-0.2, -0.15) is 4.57 Å². The molecule has 5 aromatic rings. The summed E-state index contributed by atoms with van der Waals surface area (Å²) in [5, 5.41) is 0. The molecule has 0 fully saturated rings. The van der Waals surface area contributed by atoms with Crippen LogP contribution < -0.4 is 4.57 Å². The van der Waals surface area contributed by atoms with E-state index in [0.29, 0.717) is 0 Å². The van der Waals surface area contributed by atoms with Crippen molar-refractivity contribution in [2.24, 2.45) is 0 Å². The lowest BCUT2D eigenvalue weighted by atomic mass is 9.97. The average Bonchev–Trinajstić information content (AvgIpc) is 2.85. The molecule has 0 spiro atoms. The molecule has 0 unspecified atom stereocenters. The number of aromatic nitrogens is 1. The van der Waals surface area contributed by atoms with Crippen LogP contribution in [0.25, 0.3) is 39.3 Å². The van der Waals surface area contributed by atoms with Gasteiger partial charge in [-0.1, -0.05) is 72.3 Å². The third-order valence-electron chi connectivity index (χ3n) is 6.17. The van der Waals surface area contributed by atoms with Gasteiger partial charge >= 0.3 is 0 Å². The fraction of sp³-hybridized carbons (Fsp3) is 0.0938. The molecule has 0 aliphatic rings. The summed E-state index contributed by atoms with van der Waals surface area (Å²) in [6, 6.07) is 41.3. The predicted octanol–water partition coefficient (Wildman–Crippen LogP) is 7.89. The Hall–Kier alpha value is -3.97. The van der Waals surface area contributed by atoms with Gasteiger partial charge in [0.1, 0.15) is 0 Å². The van der Waals surface area contributed by atoms with Crippen molar-refractivity contribution >= 4 is 0 Å². The topological polar surface area (TPSA) is 3.88 Å². The fourth-order valence-electron chi connectivity index (χ4n) is 4.80. The Morgan fingerprint density at radius 3 is 1.24 bits per heavy atom.